The summed E-state index contributed by atoms with van der Waals surface area (Å²) in [4.78, 5) is 4.17. The zero-order valence-corrected chi connectivity index (χ0v) is 10.0. The summed E-state index contributed by atoms with van der Waals surface area (Å²) in [7, 11) is 3.10. The molecule has 1 aromatic heterocycles. The van der Waals surface area contributed by atoms with Crippen LogP contribution in [0.1, 0.15) is 5.69 Å². The minimum atomic E-state index is -0.368. The quantitative estimate of drug-likeness (QED) is 0.600. The second kappa shape index (κ2) is 7.05. The Kier molecular flexibility index (Phi) is 5.68. The van der Waals surface area contributed by atoms with E-state index in [1.165, 1.54) is 0 Å². The van der Waals surface area contributed by atoms with Gasteiger partial charge in [-0.25, -0.2) is 0 Å². The molecule has 17 heavy (non-hydrogen) atoms. The number of hydrogen-bond acceptors (Lipinski definition) is 6. The Morgan fingerprint density at radius 1 is 1.29 bits per heavy atom. The Labute approximate surface area is 100 Å². The third-order valence-corrected chi connectivity index (χ3v) is 2.37. The molecule has 1 aromatic rings. The van der Waals surface area contributed by atoms with Crippen LogP contribution in [0.25, 0.3) is 0 Å². The van der Waals surface area contributed by atoms with Crippen LogP contribution in [0, 0.1) is 0 Å². The number of aromatic nitrogens is 1. The highest BCUT2D eigenvalue weighted by Gasteiger charge is 2.12. The van der Waals surface area contributed by atoms with Crippen molar-refractivity contribution >= 4 is 0 Å². The molecule has 0 saturated carbocycles. The van der Waals surface area contributed by atoms with Crippen LogP contribution in [0.2, 0.25) is 0 Å². The van der Waals surface area contributed by atoms with Crippen LogP contribution in [0.3, 0.4) is 0 Å². The van der Waals surface area contributed by atoms with Crippen LogP contribution >= 0.6 is 0 Å². The van der Waals surface area contributed by atoms with Crippen molar-refractivity contribution < 1.29 is 19.7 Å². The van der Waals surface area contributed by atoms with Crippen molar-refractivity contribution in [1.82, 2.24) is 10.3 Å². The number of nitrogens with one attached hydrogen (secondary N) is 1. The third-order valence-electron chi connectivity index (χ3n) is 2.37. The molecule has 0 spiro atoms. The van der Waals surface area contributed by atoms with Crippen LogP contribution in [-0.2, 0) is 6.54 Å². The van der Waals surface area contributed by atoms with E-state index >= 15 is 0 Å². The summed E-state index contributed by atoms with van der Waals surface area (Å²) < 4.78 is 10.4. The predicted molar refractivity (Wildman–Crippen MR) is 62.1 cm³/mol. The van der Waals surface area contributed by atoms with Crippen molar-refractivity contribution in [3.8, 4) is 11.5 Å². The van der Waals surface area contributed by atoms with E-state index in [4.69, 9.17) is 19.7 Å². The number of hydrogen-bond donors (Lipinski definition) is 3. The van der Waals surface area contributed by atoms with Gasteiger partial charge in [0, 0.05) is 18.8 Å². The van der Waals surface area contributed by atoms with E-state index in [0.717, 1.165) is 0 Å². The summed E-state index contributed by atoms with van der Waals surface area (Å²) in [6.45, 7) is 0.109. The molecule has 0 bridgehead atoms. The van der Waals surface area contributed by atoms with Crippen molar-refractivity contribution in [2.45, 2.75) is 12.6 Å². The van der Waals surface area contributed by atoms with Gasteiger partial charge in [0.2, 0.25) is 0 Å². The molecule has 0 aliphatic heterocycles. The van der Waals surface area contributed by atoms with Gasteiger partial charge in [0.1, 0.15) is 0 Å². The zero-order chi connectivity index (χ0) is 12.7. The van der Waals surface area contributed by atoms with E-state index in [1.807, 2.05) is 0 Å². The van der Waals surface area contributed by atoms with Gasteiger partial charge in [0.15, 0.2) is 11.5 Å². The lowest BCUT2D eigenvalue weighted by atomic mass is 10.2. The van der Waals surface area contributed by atoms with Gasteiger partial charge in [-0.1, -0.05) is 0 Å². The minimum absolute atomic E-state index is 0.136. The molecule has 6 nitrogen and oxygen atoms in total. The van der Waals surface area contributed by atoms with E-state index in [-0.39, 0.29) is 19.3 Å². The van der Waals surface area contributed by atoms with Crippen LogP contribution in [-0.4, -0.2) is 48.7 Å². The molecule has 0 amide bonds. The first-order valence-electron chi connectivity index (χ1n) is 5.27. The monoisotopic (exact) mass is 242 g/mol. The molecule has 0 unspecified atom stereocenters. The largest absolute Gasteiger partial charge is 0.493 e. The summed E-state index contributed by atoms with van der Waals surface area (Å²) in [5.41, 5.74) is 0.666. The number of nitrogens with zero attached hydrogens (tertiary/aromatic N) is 1. The summed E-state index contributed by atoms with van der Waals surface area (Å²) in [5, 5.41) is 20.8. The summed E-state index contributed by atoms with van der Waals surface area (Å²) in [6, 6.07) is 1.34. The molecule has 6 heteroatoms. The first-order chi connectivity index (χ1) is 8.26. The number of rotatable bonds is 7. The lowest BCUT2D eigenvalue weighted by molar-refractivity contribution is 0.169. The van der Waals surface area contributed by atoms with Crippen molar-refractivity contribution in [2.24, 2.45) is 0 Å². The number of aliphatic hydroxyl groups is 2. The van der Waals surface area contributed by atoms with Crippen molar-refractivity contribution in [3.05, 3.63) is 18.0 Å². The zero-order valence-electron chi connectivity index (χ0n) is 10.0. The number of aliphatic hydroxyl groups excluding tert-OH is 2. The average molecular weight is 242 g/mol. The lowest BCUT2D eigenvalue weighted by Crippen LogP contribution is -2.35. The Morgan fingerprint density at radius 2 is 2.00 bits per heavy atom. The Balaban J connectivity index is 2.76. The number of pyridine rings is 1. The van der Waals surface area contributed by atoms with E-state index in [0.29, 0.717) is 23.7 Å². The average Bonchev–Trinajstić information content (AvgIpc) is 2.39. The Hall–Kier alpha value is -1.37. The maximum absolute atomic E-state index is 8.93. The van der Waals surface area contributed by atoms with Gasteiger partial charge < -0.3 is 25.0 Å². The highest BCUT2D eigenvalue weighted by Crippen LogP contribution is 2.28. The fourth-order valence-electron chi connectivity index (χ4n) is 1.40. The van der Waals surface area contributed by atoms with Crippen molar-refractivity contribution in [2.75, 3.05) is 27.4 Å². The highest BCUT2D eigenvalue weighted by molar-refractivity contribution is 5.42. The van der Waals surface area contributed by atoms with E-state index < -0.39 is 0 Å². The lowest BCUT2D eigenvalue weighted by Gasteiger charge is -2.15. The van der Waals surface area contributed by atoms with Gasteiger partial charge in [-0.05, 0) is 0 Å². The van der Waals surface area contributed by atoms with E-state index in [9.17, 15) is 0 Å². The fourth-order valence-corrected chi connectivity index (χ4v) is 1.40. The van der Waals surface area contributed by atoms with Crippen LogP contribution in [0.5, 0.6) is 11.5 Å². The molecule has 1 heterocycles. The molecule has 0 saturated heterocycles. The van der Waals surface area contributed by atoms with Gasteiger partial charge in [-0.3, -0.25) is 4.98 Å². The molecule has 1 rings (SSSR count). The van der Waals surface area contributed by atoms with Gasteiger partial charge in [0.05, 0.1) is 39.2 Å². The van der Waals surface area contributed by atoms with Crippen LogP contribution in [0.15, 0.2) is 12.3 Å². The van der Waals surface area contributed by atoms with Gasteiger partial charge in [0.25, 0.3) is 0 Å². The Morgan fingerprint density at radius 3 is 2.53 bits per heavy atom. The fraction of sp³-hybridized carbons (Fsp3) is 0.545. The maximum atomic E-state index is 8.93. The summed E-state index contributed by atoms with van der Waals surface area (Å²) in [6.07, 6.45) is 1.62. The topological polar surface area (TPSA) is 83.8 Å². The van der Waals surface area contributed by atoms with E-state index in [1.54, 1.807) is 26.5 Å². The van der Waals surface area contributed by atoms with Gasteiger partial charge in [-0.2, -0.15) is 0 Å². The minimum Gasteiger partial charge on any atom is -0.493 e. The SMILES string of the molecule is COc1ccnc(CNC(CO)CO)c1OC. The molecular formula is C11H18N2O4. The second-order valence-electron chi connectivity index (χ2n) is 3.44. The first-order valence-corrected chi connectivity index (χ1v) is 5.27. The number of methoxy groups -OCH3 is 2. The summed E-state index contributed by atoms with van der Waals surface area (Å²) >= 11 is 0. The number of ether oxygens (including phenoxy) is 2. The standard InChI is InChI=1S/C11H18N2O4/c1-16-10-3-4-12-9(11(10)17-2)5-13-8(6-14)7-15/h3-4,8,13-15H,5-7H2,1-2H3. The van der Waals surface area contributed by atoms with Crippen LogP contribution < -0.4 is 14.8 Å². The molecule has 0 radical (unpaired) electrons. The second-order valence-corrected chi connectivity index (χ2v) is 3.44. The normalized spacial score (nSPS) is 10.6. The Bertz CT molecular complexity index is 342. The molecule has 0 aromatic carbocycles. The van der Waals surface area contributed by atoms with Gasteiger partial charge in [-0.15, -0.1) is 0 Å². The van der Waals surface area contributed by atoms with Gasteiger partial charge >= 0.3 is 0 Å². The third kappa shape index (κ3) is 3.55. The van der Waals surface area contributed by atoms with E-state index in [2.05, 4.69) is 10.3 Å². The highest BCUT2D eigenvalue weighted by atomic mass is 16.5. The molecule has 0 fully saturated rings. The van der Waals surface area contributed by atoms with Crippen molar-refractivity contribution in [3.63, 3.8) is 0 Å². The molecular weight excluding hydrogens is 224 g/mol. The first kappa shape index (κ1) is 13.7. The maximum Gasteiger partial charge on any atom is 0.183 e. The molecule has 0 aliphatic rings. The summed E-state index contributed by atoms with van der Waals surface area (Å²) in [5.74, 6) is 1.15. The van der Waals surface area contributed by atoms with Crippen molar-refractivity contribution in [1.29, 1.82) is 0 Å². The predicted octanol–water partition coefficient (Wildman–Crippen LogP) is -0.458. The molecule has 96 valence electrons. The van der Waals surface area contributed by atoms with Crippen LogP contribution in [0.4, 0.5) is 0 Å². The molecule has 3 N–H and O–H groups in total. The molecule has 0 atom stereocenters. The smallest absolute Gasteiger partial charge is 0.183 e. The molecule has 0 aliphatic carbocycles.